The number of nitro groups is 1. The van der Waals surface area contributed by atoms with Crippen molar-refractivity contribution in [2.24, 2.45) is 0 Å². The molecular formula is C12H13N5O4. The van der Waals surface area contributed by atoms with Crippen molar-refractivity contribution in [1.82, 2.24) is 15.0 Å². The highest BCUT2D eigenvalue weighted by Gasteiger charge is 2.15. The minimum Gasteiger partial charge on any atom is -0.387 e. The first-order valence-electron chi connectivity index (χ1n) is 6.08. The quantitative estimate of drug-likeness (QED) is 0.622. The van der Waals surface area contributed by atoms with Gasteiger partial charge in [-0.3, -0.25) is 14.9 Å². The van der Waals surface area contributed by atoms with Crippen molar-refractivity contribution in [3.05, 3.63) is 46.3 Å². The summed E-state index contributed by atoms with van der Waals surface area (Å²) in [4.78, 5) is 22.1. The number of nitrogens with one attached hydrogen (secondary N) is 1. The van der Waals surface area contributed by atoms with Crippen LogP contribution in [-0.4, -0.2) is 30.9 Å². The second-order valence-electron chi connectivity index (χ2n) is 4.34. The third-order valence-electron chi connectivity index (χ3n) is 2.66. The summed E-state index contributed by atoms with van der Waals surface area (Å²) in [6, 6.07) is 5.85. The van der Waals surface area contributed by atoms with E-state index in [4.69, 9.17) is 0 Å². The fourth-order valence-electron chi connectivity index (χ4n) is 1.66. The zero-order chi connectivity index (χ0) is 15.4. The molecule has 1 amide bonds. The summed E-state index contributed by atoms with van der Waals surface area (Å²) in [5.74, 6) is -0.480. The number of nitro benzene ring substituents is 1. The minimum absolute atomic E-state index is 0.114. The summed E-state index contributed by atoms with van der Waals surface area (Å²) in [6.07, 6.45) is 0.654. The summed E-state index contributed by atoms with van der Waals surface area (Å²) < 4.78 is 1.24. The molecule has 9 nitrogen and oxygen atoms in total. The van der Waals surface area contributed by atoms with Gasteiger partial charge in [-0.2, -0.15) is 0 Å². The third-order valence-corrected chi connectivity index (χ3v) is 2.66. The highest BCUT2D eigenvalue weighted by Crippen LogP contribution is 2.23. The van der Waals surface area contributed by atoms with Crippen molar-refractivity contribution in [2.75, 3.05) is 5.32 Å². The smallest absolute Gasteiger partial charge is 0.292 e. The van der Waals surface area contributed by atoms with E-state index in [9.17, 15) is 20.0 Å². The zero-order valence-corrected chi connectivity index (χ0v) is 11.1. The number of para-hydroxylation sites is 2. The van der Waals surface area contributed by atoms with E-state index >= 15 is 0 Å². The molecule has 2 N–H and O–H groups in total. The summed E-state index contributed by atoms with van der Waals surface area (Å²) in [6.45, 7) is 1.37. The summed E-state index contributed by atoms with van der Waals surface area (Å²) in [5, 5.41) is 30.0. The van der Waals surface area contributed by atoms with Crippen LogP contribution in [0.5, 0.6) is 0 Å². The number of aliphatic hydroxyl groups excluding tert-OH is 1. The predicted molar refractivity (Wildman–Crippen MR) is 72.4 cm³/mol. The van der Waals surface area contributed by atoms with E-state index in [0.717, 1.165) is 0 Å². The van der Waals surface area contributed by atoms with Gasteiger partial charge in [0, 0.05) is 6.07 Å². The van der Waals surface area contributed by atoms with Gasteiger partial charge in [0.1, 0.15) is 17.9 Å². The van der Waals surface area contributed by atoms with Gasteiger partial charge in [-0.1, -0.05) is 17.3 Å². The topological polar surface area (TPSA) is 123 Å². The lowest BCUT2D eigenvalue weighted by atomic mass is 10.2. The Labute approximate surface area is 119 Å². The van der Waals surface area contributed by atoms with Gasteiger partial charge in [0.2, 0.25) is 5.91 Å². The number of aliphatic hydroxyl groups is 1. The number of hydrogen-bond acceptors (Lipinski definition) is 6. The van der Waals surface area contributed by atoms with E-state index in [2.05, 4.69) is 15.6 Å². The third kappa shape index (κ3) is 3.60. The lowest BCUT2D eigenvalue weighted by molar-refractivity contribution is -0.383. The van der Waals surface area contributed by atoms with Crippen molar-refractivity contribution < 1.29 is 14.8 Å². The lowest BCUT2D eigenvalue weighted by Crippen LogP contribution is -2.19. The van der Waals surface area contributed by atoms with Crippen molar-refractivity contribution in [3.8, 4) is 0 Å². The van der Waals surface area contributed by atoms with Crippen LogP contribution in [0.2, 0.25) is 0 Å². The van der Waals surface area contributed by atoms with E-state index < -0.39 is 16.9 Å². The molecule has 0 radical (unpaired) electrons. The van der Waals surface area contributed by atoms with Crippen LogP contribution in [-0.2, 0) is 11.3 Å². The standard InChI is InChI=1S/C12H13N5O4/c1-8(18)10-6-16(15-14-10)7-12(19)13-9-4-2-3-5-11(9)17(20)21/h2-6,8,18H,7H2,1H3,(H,13,19). The Balaban J connectivity index is 2.06. The fourth-order valence-corrected chi connectivity index (χ4v) is 1.66. The number of anilines is 1. The first-order chi connectivity index (χ1) is 9.97. The van der Waals surface area contributed by atoms with E-state index in [-0.39, 0.29) is 17.9 Å². The Morgan fingerprint density at radius 3 is 2.86 bits per heavy atom. The molecule has 9 heteroatoms. The number of rotatable bonds is 5. The fraction of sp³-hybridized carbons (Fsp3) is 0.250. The van der Waals surface area contributed by atoms with Crippen LogP contribution in [0.15, 0.2) is 30.5 Å². The largest absolute Gasteiger partial charge is 0.387 e. The zero-order valence-electron chi connectivity index (χ0n) is 11.1. The van der Waals surface area contributed by atoms with Gasteiger partial charge < -0.3 is 10.4 Å². The van der Waals surface area contributed by atoms with Crippen molar-refractivity contribution in [1.29, 1.82) is 0 Å². The second-order valence-corrected chi connectivity index (χ2v) is 4.34. The lowest BCUT2D eigenvalue weighted by Gasteiger charge is -2.05. The maximum Gasteiger partial charge on any atom is 0.292 e. The summed E-state index contributed by atoms with van der Waals surface area (Å²) in [7, 11) is 0. The van der Waals surface area contributed by atoms with Gasteiger partial charge in [0.15, 0.2) is 0 Å². The van der Waals surface area contributed by atoms with E-state index in [1.807, 2.05) is 0 Å². The maximum absolute atomic E-state index is 11.9. The van der Waals surface area contributed by atoms with Crippen molar-refractivity contribution in [2.45, 2.75) is 19.6 Å². The second kappa shape index (κ2) is 6.09. The van der Waals surface area contributed by atoms with E-state index in [1.165, 1.54) is 36.0 Å². The molecule has 2 aromatic rings. The van der Waals surface area contributed by atoms with Crippen molar-refractivity contribution in [3.63, 3.8) is 0 Å². The molecule has 2 rings (SSSR count). The first-order valence-corrected chi connectivity index (χ1v) is 6.08. The Morgan fingerprint density at radius 1 is 1.52 bits per heavy atom. The number of benzene rings is 1. The molecule has 0 aliphatic heterocycles. The van der Waals surface area contributed by atoms with Crippen LogP contribution in [0, 0.1) is 10.1 Å². The summed E-state index contributed by atoms with van der Waals surface area (Å²) >= 11 is 0. The molecule has 0 saturated carbocycles. The Kier molecular flexibility index (Phi) is 4.24. The molecule has 1 unspecified atom stereocenters. The molecule has 0 aliphatic carbocycles. The average Bonchev–Trinajstić information content (AvgIpc) is 2.87. The van der Waals surface area contributed by atoms with Gasteiger partial charge in [-0.05, 0) is 13.0 Å². The monoisotopic (exact) mass is 291 g/mol. The number of carbonyl (C=O) groups is 1. The SMILES string of the molecule is CC(O)c1cn(CC(=O)Nc2ccccc2[N+](=O)[O-])nn1. The Bertz CT molecular complexity index is 667. The number of aromatic nitrogens is 3. The number of nitrogens with zero attached hydrogens (tertiary/aromatic N) is 4. The number of carbonyl (C=O) groups excluding carboxylic acids is 1. The van der Waals surface area contributed by atoms with E-state index in [0.29, 0.717) is 5.69 Å². The molecular weight excluding hydrogens is 278 g/mol. The summed E-state index contributed by atoms with van der Waals surface area (Å²) in [5.41, 5.74) is 0.269. The molecule has 1 aromatic heterocycles. The molecule has 0 fully saturated rings. The van der Waals surface area contributed by atoms with Crippen LogP contribution < -0.4 is 5.32 Å². The van der Waals surface area contributed by atoms with Gasteiger partial charge in [-0.15, -0.1) is 5.10 Å². The van der Waals surface area contributed by atoms with Gasteiger partial charge in [-0.25, -0.2) is 4.68 Å². The molecule has 1 aromatic carbocycles. The molecule has 0 saturated heterocycles. The van der Waals surface area contributed by atoms with Crippen LogP contribution in [0.25, 0.3) is 0 Å². The molecule has 0 aliphatic rings. The van der Waals surface area contributed by atoms with Crippen molar-refractivity contribution >= 4 is 17.3 Å². The normalized spacial score (nSPS) is 11.9. The van der Waals surface area contributed by atoms with Crippen LogP contribution >= 0.6 is 0 Å². The predicted octanol–water partition coefficient (Wildman–Crippen LogP) is 0.878. The van der Waals surface area contributed by atoms with Gasteiger partial charge >= 0.3 is 0 Å². The van der Waals surface area contributed by atoms with Gasteiger partial charge in [0.05, 0.1) is 17.2 Å². The number of hydrogen-bond donors (Lipinski definition) is 2. The Hall–Kier alpha value is -2.81. The van der Waals surface area contributed by atoms with Crippen LogP contribution in [0.1, 0.15) is 18.7 Å². The van der Waals surface area contributed by atoms with Gasteiger partial charge in [0.25, 0.3) is 5.69 Å². The molecule has 0 bridgehead atoms. The Morgan fingerprint density at radius 2 is 2.24 bits per heavy atom. The molecule has 110 valence electrons. The highest BCUT2D eigenvalue weighted by molar-refractivity contribution is 5.92. The molecule has 1 atom stereocenters. The average molecular weight is 291 g/mol. The molecule has 21 heavy (non-hydrogen) atoms. The van der Waals surface area contributed by atoms with Crippen LogP contribution in [0.4, 0.5) is 11.4 Å². The molecule has 0 spiro atoms. The highest BCUT2D eigenvalue weighted by atomic mass is 16.6. The minimum atomic E-state index is -0.781. The number of amides is 1. The van der Waals surface area contributed by atoms with Crippen LogP contribution in [0.3, 0.4) is 0 Å². The van der Waals surface area contributed by atoms with E-state index in [1.54, 1.807) is 6.07 Å². The first kappa shape index (κ1) is 14.6. The molecule has 1 heterocycles. The maximum atomic E-state index is 11.9.